The quantitative estimate of drug-likeness (QED) is 0.438. The molecular formula is C24H20O2. The van der Waals surface area contributed by atoms with E-state index in [1.54, 1.807) is 0 Å². The summed E-state index contributed by atoms with van der Waals surface area (Å²) in [6, 6.07) is 28.7. The van der Waals surface area contributed by atoms with Gasteiger partial charge in [-0.15, -0.1) is 0 Å². The lowest BCUT2D eigenvalue weighted by molar-refractivity contribution is -0.144. The number of ether oxygens (including phenoxy) is 1. The number of carbonyl (C=O) groups is 1. The van der Waals surface area contributed by atoms with Crippen LogP contribution in [0.4, 0.5) is 0 Å². The number of aryl methyl sites for hydroxylation is 1. The Morgan fingerprint density at radius 3 is 1.88 bits per heavy atom. The molecule has 2 heteroatoms. The van der Waals surface area contributed by atoms with Crippen LogP contribution in [0.3, 0.4) is 0 Å². The standard InChI is InChI=1S/C24H20O2/c25-24(16-15-20-11-5-9-18-7-1-3-13-22(18)20)26-17-21-12-6-10-19-8-2-4-14-23(19)21/h1-14H,15-17H2. The molecule has 0 saturated carbocycles. The number of hydrogen-bond donors (Lipinski definition) is 0. The summed E-state index contributed by atoms with van der Waals surface area (Å²) in [5.74, 6) is -0.161. The van der Waals surface area contributed by atoms with Crippen molar-refractivity contribution in [3.63, 3.8) is 0 Å². The highest BCUT2D eigenvalue weighted by atomic mass is 16.5. The summed E-state index contributed by atoms with van der Waals surface area (Å²) in [6.07, 6.45) is 1.08. The number of carbonyl (C=O) groups excluding carboxylic acids is 1. The average molecular weight is 340 g/mol. The molecular weight excluding hydrogens is 320 g/mol. The smallest absolute Gasteiger partial charge is 0.306 e. The summed E-state index contributed by atoms with van der Waals surface area (Å²) >= 11 is 0. The Balaban J connectivity index is 1.41. The van der Waals surface area contributed by atoms with E-state index in [1.807, 2.05) is 42.5 Å². The number of rotatable bonds is 5. The fourth-order valence-electron chi connectivity index (χ4n) is 3.40. The van der Waals surface area contributed by atoms with E-state index in [1.165, 1.54) is 16.3 Å². The predicted molar refractivity (Wildman–Crippen MR) is 106 cm³/mol. The molecule has 4 aromatic carbocycles. The molecule has 128 valence electrons. The van der Waals surface area contributed by atoms with E-state index in [2.05, 4.69) is 42.5 Å². The number of esters is 1. The third-order valence-electron chi connectivity index (χ3n) is 4.75. The van der Waals surface area contributed by atoms with Crippen molar-refractivity contribution in [3.05, 3.63) is 96.1 Å². The molecule has 4 rings (SSSR count). The van der Waals surface area contributed by atoms with Gasteiger partial charge in [0, 0.05) is 6.42 Å². The Hall–Kier alpha value is -3.13. The summed E-state index contributed by atoms with van der Waals surface area (Å²) in [5, 5.41) is 4.71. The Morgan fingerprint density at radius 1 is 0.654 bits per heavy atom. The van der Waals surface area contributed by atoms with Gasteiger partial charge in [0.2, 0.25) is 0 Å². The van der Waals surface area contributed by atoms with Crippen LogP contribution in [0.2, 0.25) is 0 Å². The highest BCUT2D eigenvalue weighted by molar-refractivity contribution is 5.87. The largest absolute Gasteiger partial charge is 0.461 e. The van der Waals surface area contributed by atoms with Crippen molar-refractivity contribution in [2.24, 2.45) is 0 Å². The van der Waals surface area contributed by atoms with E-state index < -0.39 is 0 Å². The van der Waals surface area contributed by atoms with Crippen molar-refractivity contribution in [2.75, 3.05) is 0 Å². The van der Waals surface area contributed by atoms with Crippen molar-refractivity contribution in [1.29, 1.82) is 0 Å². The molecule has 0 heterocycles. The van der Waals surface area contributed by atoms with Crippen LogP contribution in [0, 0.1) is 0 Å². The number of benzene rings is 4. The molecule has 0 aliphatic carbocycles. The van der Waals surface area contributed by atoms with Gasteiger partial charge in [0.05, 0.1) is 0 Å². The monoisotopic (exact) mass is 340 g/mol. The van der Waals surface area contributed by atoms with Gasteiger partial charge >= 0.3 is 5.97 Å². The van der Waals surface area contributed by atoms with E-state index in [0.29, 0.717) is 19.4 Å². The molecule has 0 aromatic heterocycles. The molecule has 4 aromatic rings. The van der Waals surface area contributed by atoms with Gasteiger partial charge in [-0.05, 0) is 39.1 Å². The highest BCUT2D eigenvalue weighted by Gasteiger charge is 2.08. The minimum absolute atomic E-state index is 0.161. The molecule has 0 amide bonds. The van der Waals surface area contributed by atoms with Gasteiger partial charge in [0.25, 0.3) is 0 Å². The summed E-state index contributed by atoms with van der Waals surface area (Å²) in [4.78, 5) is 12.2. The molecule has 0 aliphatic heterocycles. The van der Waals surface area contributed by atoms with Gasteiger partial charge < -0.3 is 4.74 Å². The van der Waals surface area contributed by atoms with Crippen LogP contribution in [-0.4, -0.2) is 5.97 Å². The van der Waals surface area contributed by atoms with Crippen LogP contribution in [0.25, 0.3) is 21.5 Å². The first-order valence-electron chi connectivity index (χ1n) is 8.90. The second-order valence-electron chi connectivity index (χ2n) is 6.44. The Kier molecular flexibility index (Phi) is 4.65. The third kappa shape index (κ3) is 3.45. The van der Waals surface area contributed by atoms with Gasteiger partial charge in [-0.1, -0.05) is 84.9 Å². The van der Waals surface area contributed by atoms with Crippen LogP contribution in [-0.2, 0) is 22.6 Å². The Morgan fingerprint density at radius 2 is 1.19 bits per heavy atom. The van der Waals surface area contributed by atoms with Crippen LogP contribution in [0.15, 0.2) is 84.9 Å². The zero-order valence-corrected chi connectivity index (χ0v) is 14.5. The first-order valence-corrected chi connectivity index (χ1v) is 8.90. The first kappa shape index (κ1) is 16.3. The molecule has 0 aliphatic rings. The Bertz CT molecular complexity index is 970. The van der Waals surface area contributed by atoms with Gasteiger partial charge in [-0.2, -0.15) is 0 Å². The molecule has 0 unspecified atom stereocenters. The fourth-order valence-corrected chi connectivity index (χ4v) is 3.40. The summed E-state index contributed by atoms with van der Waals surface area (Å²) in [7, 11) is 0. The Labute approximate surface area is 153 Å². The topological polar surface area (TPSA) is 26.3 Å². The van der Waals surface area contributed by atoms with E-state index in [9.17, 15) is 4.79 Å². The molecule has 0 radical (unpaired) electrons. The summed E-state index contributed by atoms with van der Waals surface area (Å²) < 4.78 is 5.53. The number of fused-ring (bicyclic) bond motifs is 2. The molecule has 0 atom stereocenters. The van der Waals surface area contributed by atoms with Crippen molar-refractivity contribution < 1.29 is 9.53 Å². The van der Waals surface area contributed by atoms with E-state index in [0.717, 1.165) is 16.3 Å². The van der Waals surface area contributed by atoms with Crippen molar-refractivity contribution in [3.8, 4) is 0 Å². The maximum atomic E-state index is 12.2. The molecule has 0 N–H and O–H groups in total. The van der Waals surface area contributed by atoms with Gasteiger partial charge in [0.15, 0.2) is 0 Å². The maximum Gasteiger partial charge on any atom is 0.306 e. The second kappa shape index (κ2) is 7.40. The highest BCUT2D eigenvalue weighted by Crippen LogP contribution is 2.21. The maximum absolute atomic E-state index is 12.2. The van der Waals surface area contributed by atoms with Gasteiger partial charge in [0.1, 0.15) is 6.61 Å². The lowest BCUT2D eigenvalue weighted by atomic mass is 10.0. The molecule has 0 bridgehead atoms. The van der Waals surface area contributed by atoms with E-state index in [-0.39, 0.29) is 5.97 Å². The fraction of sp³-hybridized carbons (Fsp3) is 0.125. The summed E-state index contributed by atoms with van der Waals surface area (Å²) in [6.45, 7) is 0.315. The molecule has 0 spiro atoms. The van der Waals surface area contributed by atoms with Crippen molar-refractivity contribution in [1.82, 2.24) is 0 Å². The molecule has 0 saturated heterocycles. The van der Waals surface area contributed by atoms with Gasteiger partial charge in [-0.3, -0.25) is 4.79 Å². The zero-order valence-electron chi connectivity index (χ0n) is 14.5. The average Bonchev–Trinajstić information content (AvgIpc) is 2.70. The summed E-state index contributed by atoms with van der Waals surface area (Å²) in [5.41, 5.74) is 2.23. The molecule has 26 heavy (non-hydrogen) atoms. The minimum Gasteiger partial charge on any atom is -0.461 e. The predicted octanol–water partition coefficient (Wildman–Crippen LogP) is 5.67. The van der Waals surface area contributed by atoms with Crippen LogP contribution < -0.4 is 0 Å². The van der Waals surface area contributed by atoms with Crippen molar-refractivity contribution in [2.45, 2.75) is 19.4 Å². The second-order valence-corrected chi connectivity index (χ2v) is 6.44. The van der Waals surface area contributed by atoms with E-state index >= 15 is 0 Å². The van der Waals surface area contributed by atoms with E-state index in [4.69, 9.17) is 4.74 Å². The zero-order chi connectivity index (χ0) is 17.8. The SMILES string of the molecule is O=C(CCc1cccc2ccccc12)OCc1cccc2ccccc12. The third-order valence-corrected chi connectivity index (χ3v) is 4.75. The number of hydrogen-bond acceptors (Lipinski definition) is 2. The minimum atomic E-state index is -0.161. The molecule has 2 nitrogen and oxygen atoms in total. The first-order chi connectivity index (χ1) is 12.8. The van der Waals surface area contributed by atoms with Gasteiger partial charge in [-0.25, -0.2) is 0 Å². The van der Waals surface area contributed by atoms with Crippen molar-refractivity contribution >= 4 is 27.5 Å². The molecule has 0 fully saturated rings. The lowest BCUT2D eigenvalue weighted by Crippen LogP contribution is -2.06. The van der Waals surface area contributed by atoms with Crippen LogP contribution in [0.1, 0.15) is 17.5 Å². The normalized spacial score (nSPS) is 10.9. The van der Waals surface area contributed by atoms with Crippen LogP contribution in [0.5, 0.6) is 0 Å². The lowest BCUT2D eigenvalue weighted by Gasteiger charge is -2.09. The van der Waals surface area contributed by atoms with Crippen LogP contribution >= 0.6 is 0 Å².